The molecule has 9 heteroatoms. The SMILES string of the molecule is COCc1ccccc1S(=O)(=O)Nc1cccc2cc(C3=NCC(CCO)S3)[nH]c12. The van der Waals surface area contributed by atoms with Crippen LogP contribution in [0, 0.1) is 0 Å². The van der Waals surface area contributed by atoms with Gasteiger partial charge in [-0.25, -0.2) is 8.42 Å². The van der Waals surface area contributed by atoms with Crippen LogP contribution in [-0.4, -0.2) is 49.1 Å². The van der Waals surface area contributed by atoms with Crippen LogP contribution in [0.4, 0.5) is 5.69 Å². The molecule has 0 spiro atoms. The van der Waals surface area contributed by atoms with Crippen LogP contribution in [0.2, 0.25) is 0 Å². The van der Waals surface area contributed by atoms with Crippen LogP contribution in [0.1, 0.15) is 17.7 Å². The second kappa shape index (κ2) is 8.81. The van der Waals surface area contributed by atoms with E-state index >= 15 is 0 Å². The Morgan fingerprint density at radius 2 is 2.10 bits per heavy atom. The second-order valence-corrected chi connectivity index (χ2v) is 9.94. The van der Waals surface area contributed by atoms with Crippen molar-refractivity contribution in [1.82, 2.24) is 4.98 Å². The number of ether oxygens (including phenoxy) is 1. The predicted molar refractivity (Wildman–Crippen MR) is 121 cm³/mol. The van der Waals surface area contributed by atoms with Gasteiger partial charge >= 0.3 is 0 Å². The van der Waals surface area contributed by atoms with Gasteiger partial charge in [-0.2, -0.15) is 0 Å². The van der Waals surface area contributed by atoms with Gasteiger partial charge in [0.15, 0.2) is 0 Å². The van der Waals surface area contributed by atoms with Crippen LogP contribution in [0.25, 0.3) is 10.9 Å². The molecule has 3 aromatic rings. The summed E-state index contributed by atoms with van der Waals surface area (Å²) in [5, 5.41) is 11.2. The van der Waals surface area contributed by atoms with Gasteiger partial charge in [0, 0.05) is 24.4 Å². The molecule has 7 nitrogen and oxygen atoms in total. The number of methoxy groups -OCH3 is 1. The lowest BCUT2D eigenvalue weighted by Gasteiger charge is -2.12. The number of rotatable bonds is 8. The molecule has 0 saturated carbocycles. The van der Waals surface area contributed by atoms with Gasteiger partial charge in [0.2, 0.25) is 0 Å². The Labute approximate surface area is 179 Å². The smallest absolute Gasteiger partial charge is 0.262 e. The van der Waals surface area contributed by atoms with Gasteiger partial charge in [-0.1, -0.05) is 42.1 Å². The van der Waals surface area contributed by atoms with E-state index in [2.05, 4.69) is 14.7 Å². The summed E-state index contributed by atoms with van der Waals surface area (Å²) in [5.74, 6) is 0. The van der Waals surface area contributed by atoms with Crippen molar-refractivity contribution in [3.63, 3.8) is 0 Å². The third-order valence-electron chi connectivity index (χ3n) is 4.86. The summed E-state index contributed by atoms with van der Waals surface area (Å²) in [4.78, 5) is 8.08. The number of para-hydroxylation sites is 1. The van der Waals surface area contributed by atoms with E-state index in [1.807, 2.05) is 18.2 Å². The van der Waals surface area contributed by atoms with E-state index in [9.17, 15) is 8.42 Å². The molecule has 1 unspecified atom stereocenters. The molecule has 1 aliphatic heterocycles. The molecule has 0 bridgehead atoms. The number of anilines is 1. The first kappa shape index (κ1) is 20.9. The highest BCUT2D eigenvalue weighted by Gasteiger charge is 2.23. The fraction of sp³-hybridized carbons (Fsp3) is 0.286. The molecule has 2 aromatic carbocycles. The molecule has 30 heavy (non-hydrogen) atoms. The van der Waals surface area contributed by atoms with Crippen LogP contribution in [-0.2, 0) is 21.4 Å². The fourth-order valence-electron chi connectivity index (χ4n) is 3.46. The summed E-state index contributed by atoms with van der Waals surface area (Å²) >= 11 is 1.63. The average molecular weight is 446 g/mol. The Bertz CT molecular complexity index is 1190. The number of thioether (sulfide) groups is 1. The number of hydrogen-bond donors (Lipinski definition) is 3. The maximum absolute atomic E-state index is 13.1. The number of benzene rings is 2. The summed E-state index contributed by atoms with van der Waals surface area (Å²) < 4.78 is 34.0. The van der Waals surface area contributed by atoms with Crippen molar-refractivity contribution in [2.75, 3.05) is 25.0 Å². The predicted octanol–water partition coefficient (Wildman–Crippen LogP) is 3.36. The summed E-state index contributed by atoms with van der Waals surface area (Å²) in [7, 11) is -2.26. The van der Waals surface area contributed by atoms with Crippen LogP contribution < -0.4 is 4.72 Å². The molecular weight excluding hydrogens is 422 g/mol. The number of aromatic amines is 1. The van der Waals surface area contributed by atoms with Gasteiger partial charge in [-0.05, 0) is 30.2 Å². The topological polar surface area (TPSA) is 104 Å². The van der Waals surface area contributed by atoms with E-state index < -0.39 is 10.0 Å². The zero-order valence-electron chi connectivity index (χ0n) is 16.5. The summed E-state index contributed by atoms with van der Waals surface area (Å²) in [6.07, 6.45) is 0.698. The van der Waals surface area contributed by atoms with Gasteiger partial charge in [0.25, 0.3) is 10.0 Å². The Morgan fingerprint density at radius 1 is 1.27 bits per heavy atom. The Hall–Kier alpha value is -2.33. The summed E-state index contributed by atoms with van der Waals surface area (Å²) in [6, 6.07) is 14.2. The molecule has 0 radical (unpaired) electrons. The van der Waals surface area contributed by atoms with Gasteiger partial charge < -0.3 is 14.8 Å². The number of fused-ring (bicyclic) bond motifs is 1. The molecule has 158 valence electrons. The van der Waals surface area contributed by atoms with Crippen molar-refractivity contribution < 1.29 is 18.3 Å². The molecule has 0 fully saturated rings. The molecular formula is C21H23N3O4S2. The molecule has 1 atom stereocenters. The largest absolute Gasteiger partial charge is 0.396 e. The van der Waals surface area contributed by atoms with Gasteiger partial charge in [-0.3, -0.25) is 9.71 Å². The highest BCUT2D eigenvalue weighted by molar-refractivity contribution is 8.15. The van der Waals surface area contributed by atoms with Crippen LogP contribution in [0.5, 0.6) is 0 Å². The average Bonchev–Trinajstić information content (AvgIpc) is 3.36. The van der Waals surface area contributed by atoms with E-state index in [1.54, 1.807) is 42.1 Å². The van der Waals surface area contributed by atoms with Crippen molar-refractivity contribution in [2.24, 2.45) is 4.99 Å². The van der Waals surface area contributed by atoms with Gasteiger partial charge in [0.05, 0.1) is 34.9 Å². The van der Waals surface area contributed by atoms with Crippen molar-refractivity contribution in [3.8, 4) is 0 Å². The highest BCUT2D eigenvalue weighted by atomic mass is 32.2. The zero-order valence-corrected chi connectivity index (χ0v) is 18.1. The van der Waals surface area contributed by atoms with Gasteiger partial charge in [0.1, 0.15) is 5.04 Å². The molecule has 3 N–H and O–H groups in total. The number of aliphatic hydroxyl groups is 1. The van der Waals surface area contributed by atoms with E-state index in [1.165, 1.54) is 7.11 Å². The minimum absolute atomic E-state index is 0.143. The molecule has 0 saturated heterocycles. The van der Waals surface area contributed by atoms with E-state index in [-0.39, 0.29) is 23.4 Å². The van der Waals surface area contributed by atoms with Crippen molar-refractivity contribution in [1.29, 1.82) is 0 Å². The lowest BCUT2D eigenvalue weighted by molar-refractivity contribution is 0.182. The third-order valence-corrected chi connectivity index (χ3v) is 7.62. The first-order chi connectivity index (χ1) is 14.5. The number of H-pyrrole nitrogens is 1. The maximum Gasteiger partial charge on any atom is 0.262 e. The monoisotopic (exact) mass is 445 g/mol. The first-order valence-corrected chi connectivity index (χ1v) is 11.9. The molecule has 4 rings (SSSR count). The van der Waals surface area contributed by atoms with Crippen molar-refractivity contribution >= 4 is 43.4 Å². The molecule has 1 aliphatic rings. The summed E-state index contributed by atoms with van der Waals surface area (Å²) in [6.45, 7) is 1.02. The normalized spacial score (nSPS) is 16.7. The standard InChI is InChI=1S/C21H23N3O4S2/c1-28-13-15-5-2-3-8-19(15)30(26,27)24-17-7-4-6-14-11-18(23-20(14)17)21-22-12-16(29-21)9-10-25/h2-8,11,16,23-25H,9-10,12-13H2,1H3. The zero-order chi connectivity index (χ0) is 21.1. The quantitative estimate of drug-likeness (QED) is 0.493. The van der Waals surface area contributed by atoms with E-state index in [4.69, 9.17) is 9.84 Å². The van der Waals surface area contributed by atoms with Crippen molar-refractivity contribution in [3.05, 3.63) is 59.8 Å². The lowest BCUT2D eigenvalue weighted by Crippen LogP contribution is -2.15. The molecule has 2 heterocycles. The number of nitrogens with one attached hydrogen (secondary N) is 2. The van der Waals surface area contributed by atoms with Gasteiger partial charge in [-0.15, -0.1) is 0 Å². The second-order valence-electron chi connectivity index (χ2n) is 7.00. The van der Waals surface area contributed by atoms with E-state index in [0.717, 1.165) is 16.1 Å². The maximum atomic E-state index is 13.1. The number of nitrogens with zero attached hydrogens (tertiary/aromatic N) is 1. The molecule has 1 aromatic heterocycles. The number of aliphatic hydroxyl groups excluding tert-OH is 1. The third kappa shape index (κ3) is 4.24. The molecule has 0 amide bonds. The fourth-order valence-corrected chi connectivity index (χ4v) is 5.83. The Balaban J connectivity index is 1.65. The number of hydrogen-bond acceptors (Lipinski definition) is 6. The Kier molecular flexibility index (Phi) is 6.14. The van der Waals surface area contributed by atoms with Crippen LogP contribution >= 0.6 is 11.8 Å². The molecule has 0 aliphatic carbocycles. The highest BCUT2D eigenvalue weighted by Crippen LogP contribution is 2.32. The Morgan fingerprint density at radius 3 is 2.90 bits per heavy atom. The number of sulfonamides is 1. The first-order valence-electron chi connectivity index (χ1n) is 9.55. The van der Waals surface area contributed by atoms with Crippen molar-refractivity contribution in [2.45, 2.75) is 23.2 Å². The lowest BCUT2D eigenvalue weighted by atomic mass is 10.2. The van der Waals surface area contributed by atoms with Crippen LogP contribution in [0.3, 0.4) is 0 Å². The minimum Gasteiger partial charge on any atom is -0.396 e. The van der Waals surface area contributed by atoms with Crippen LogP contribution in [0.15, 0.2) is 58.4 Å². The minimum atomic E-state index is -3.80. The number of aliphatic imine (C=N–C) groups is 1. The van der Waals surface area contributed by atoms with E-state index in [0.29, 0.717) is 29.7 Å². The number of aromatic nitrogens is 1. The summed E-state index contributed by atoms with van der Waals surface area (Å²) in [5.41, 5.74) is 2.62.